The van der Waals surface area contributed by atoms with Gasteiger partial charge in [-0.2, -0.15) is 4.72 Å². The van der Waals surface area contributed by atoms with Crippen LogP contribution in [0.2, 0.25) is 0 Å². The van der Waals surface area contributed by atoms with Crippen LogP contribution in [0.15, 0.2) is 51.8 Å². The molecule has 1 aliphatic heterocycles. The molecule has 0 saturated carbocycles. The lowest BCUT2D eigenvalue weighted by atomic mass is 10.0. The van der Waals surface area contributed by atoms with Crippen molar-refractivity contribution in [3.63, 3.8) is 0 Å². The third-order valence-electron chi connectivity index (χ3n) is 3.95. The van der Waals surface area contributed by atoms with Crippen molar-refractivity contribution >= 4 is 26.0 Å². The van der Waals surface area contributed by atoms with E-state index in [0.29, 0.717) is 5.75 Å². The van der Waals surface area contributed by atoms with E-state index in [-0.39, 0.29) is 23.6 Å². The van der Waals surface area contributed by atoms with Gasteiger partial charge in [0.2, 0.25) is 10.0 Å². The van der Waals surface area contributed by atoms with Crippen molar-refractivity contribution in [3.8, 4) is 23.3 Å². The Bertz CT molecular complexity index is 989. The Balaban J connectivity index is 1.53. The van der Waals surface area contributed by atoms with Gasteiger partial charge in [-0.3, -0.25) is 0 Å². The average Bonchev–Trinajstić information content (AvgIpc) is 2.93. The number of nitrogens with one attached hydrogen (secondary N) is 1. The summed E-state index contributed by atoms with van der Waals surface area (Å²) in [5.41, 5.74) is 0.881. The molecular weight excluding hydrogens is 430 g/mol. The number of halogens is 1. The van der Waals surface area contributed by atoms with Crippen molar-refractivity contribution in [1.82, 2.24) is 4.72 Å². The van der Waals surface area contributed by atoms with Crippen molar-refractivity contribution in [1.29, 1.82) is 0 Å². The highest BCUT2D eigenvalue weighted by Gasteiger charge is 2.32. The molecular formula is C20H20BrNO4S. The average molecular weight is 450 g/mol. The topological polar surface area (TPSA) is 64.6 Å². The van der Waals surface area contributed by atoms with Gasteiger partial charge in [0.05, 0.1) is 11.4 Å². The molecule has 2 aromatic carbocycles. The van der Waals surface area contributed by atoms with Gasteiger partial charge in [0.15, 0.2) is 11.5 Å². The molecule has 0 amide bonds. The Kier molecular flexibility index (Phi) is 5.80. The van der Waals surface area contributed by atoms with Crippen molar-refractivity contribution < 1.29 is 17.9 Å². The lowest BCUT2D eigenvalue weighted by Gasteiger charge is -2.17. The summed E-state index contributed by atoms with van der Waals surface area (Å²) in [6.07, 6.45) is 0.836. The first kappa shape index (κ1) is 19.7. The zero-order chi connectivity index (χ0) is 19.5. The van der Waals surface area contributed by atoms with Crippen LogP contribution >= 0.6 is 15.9 Å². The molecule has 5 nitrogen and oxygen atoms in total. The maximum Gasteiger partial charge on any atom is 0.241 e. The minimum atomic E-state index is -3.57. The molecule has 27 heavy (non-hydrogen) atoms. The van der Waals surface area contributed by atoms with Gasteiger partial charge >= 0.3 is 0 Å². The fourth-order valence-electron chi connectivity index (χ4n) is 2.76. The maximum absolute atomic E-state index is 12.1. The van der Waals surface area contributed by atoms with E-state index in [1.165, 1.54) is 12.1 Å². The van der Waals surface area contributed by atoms with Crippen LogP contribution < -0.4 is 14.2 Å². The second-order valence-electron chi connectivity index (χ2n) is 6.70. The predicted molar refractivity (Wildman–Crippen MR) is 107 cm³/mol. The van der Waals surface area contributed by atoms with Gasteiger partial charge in [0, 0.05) is 16.5 Å². The summed E-state index contributed by atoms with van der Waals surface area (Å²) in [6.45, 7) is 4.24. The number of benzene rings is 2. The first-order valence-electron chi connectivity index (χ1n) is 8.41. The van der Waals surface area contributed by atoms with Gasteiger partial charge in [-0.15, -0.1) is 0 Å². The molecule has 7 heteroatoms. The molecule has 142 valence electrons. The molecule has 0 unspecified atom stereocenters. The Labute approximate surface area is 168 Å². The normalized spacial score (nSPS) is 14.6. The monoisotopic (exact) mass is 449 g/mol. The number of rotatable bonds is 5. The summed E-state index contributed by atoms with van der Waals surface area (Å²) < 4.78 is 39.2. The van der Waals surface area contributed by atoms with E-state index in [0.717, 1.165) is 22.2 Å². The molecule has 0 atom stereocenters. The van der Waals surface area contributed by atoms with Gasteiger partial charge in [0.25, 0.3) is 0 Å². The summed E-state index contributed by atoms with van der Waals surface area (Å²) in [5.74, 6) is 7.00. The molecule has 0 saturated heterocycles. The fourth-order valence-corrected chi connectivity index (χ4v) is 3.94. The molecule has 0 bridgehead atoms. The number of sulfonamides is 1. The standard InChI is InChI=1S/C20H20BrNO4S/c1-20(2)14-15-6-5-7-18(19(15)26-20)25-13-4-3-12-22-27(23,24)17-10-8-16(21)9-11-17/h5-11,22H,12-14H2,1-2H3. The van der Waals surface area contributed by atoms with E-state index < -0.39 is 10.0 Å². The van der Waals surface area contributed by atoms with E-state index in [1.807, 2.05) is 32.0 Å². The molecule has 0 spiro atoms. The summed E-state index contributed by atoms with van der Waals surface area (Å²) in [5, 5.41) is 0. The Morgan fingerprint density at radius 2 is 1.93 bits per heavy atom. The van der Waals surface area contributed by atoms with Gasteiger partial charge in [-0.05, 0) is 44.2 Å². The van der Waals surface area contributed by atoms with E-state index in [1.54, 1.807) is 12.1 Å². The summed E-state index contributed by atoms with van der Waals surface area (Å²) >= 11 is 3.28. The predicted octanol–water partition coefficient (Wildman–Crippen LogP) is 3.52. The van der Waals surface area contributed by atoms with E-state index >= 15 is 0 Å². The van der Waals surface area contributed by atoms with Crippen molar-refractivity contribution in [2.45, 2.75) is 30.8 Å². The Hall–Kier alpha value is -2.01. The third kappa shape index (κ3) is 5.04. The molecule has 2 aromatic rings. The number of ether oxygens (including phenoxy) is 2. The van der Waals surface area contributed by atoms with Crippen LogP contribution in [0.25, 0.3) is 0 Å². The maximum atomic E-state index is 12.1. The first-order chi connectivity index (χ1) is 12.8. The second-order valence-corrected chi connectivity index (χ2v) is 9.39. The minimum absolute atomic E-state index is 0.0121. The Morgan fingerprint density at radius 3 is 2.67 bits per heavy atom. The number of fused-ring (bicyclic) bond motifs is 1. The molecule has 3 rings (SSSR count). The quantitative estimate of drug-likeness (QED) is 0.709. The summed E-state index contributed by atoms with van der Waals surface area (Å²) in [4.78, 5) is 0.198. The van der Waals surface area contributed by atoms with Crippen LogP contribution in [-0.4, -0.2) is 27.2 Å². The molecule has 0 radical (unpaired) electrons. The van der Waals surface area contributed by atoms with E-state index in [9.17, 15) is 8.42 Å². The lowest BCUT2D eigenvalue weighted by molar-refractivity contribution is 0.133. The lowest BCUT2D eigenvalue weighted by Crippen LogP contribution is -2.24. The number of hydrogen-bond acceptors (Lipinski definition) is 4. The molecule has 0 aliphatic carbocycles. The smallest absolute Gasteiger partial charge is 0.241 e. The van der Waals surface area contributed by atoms with Crippen LogP contribution in [0.4, 0.5) is 0 Å². The zero-order valence-corrected chi connectivity index (χ0v) is 17.5. The Morgan fingerprint density at radius 1 is 1.19 bits per heavy atom. The highest BCUT2D eigenvalue weighted by Crippen LogP contribution is 2.41. The second kappa shape index (κ2) is 7.93. The van der Waals surface area contributed by atoms with Crippen LogP contribution in [-0.2, 0) is 16.4 Å². The molecule has 1 aliphatic rings. The van der Waals surface area contributed by atoms with E-state index in [2.05, 4.69) is 32.5 Å². The van der Waals surface area contributed by atoms with Gasteiger partial charge < -0.3 is 9.47 Å². The first-order valence-corrected chi connectivity index (χ1v) is 10.7. The van der Waals surface area contributed by atoms with Gasteiger partial charge in [-0.1, -0.05) is 39.9 Å². The zero-order valence-electron chi connectivity index (χ0n) is 15.1. The molecule has 0 fully saturated rings. The van der Waals surface area contributed by atoms with Crippen LogP contribution in [0.1, 0.15) is 19.4 Å². The largest absolute Gasteiger partial charge is 0.483 e. The highest BCUT2D eigenvalue weighted by atomic mass is 79.9. The van der Waals surface area contributed by atoms with Crippen molar-refractivity contribution in [2.24, 2.45) is 0 Å². The molecule has 1 N–H and O–H groups in total. The van der Waals surface area contributed by atoms with Gasteiger partial charge in [-0.25, -0.2) is 8.42 Å². The van der Waals surface area contributed by atoms with Crippen LogP contribution in [0.5, 0.6) is 11.5 Å². The SMILES string of the molecule is CC1(C)Cc2cccc(OCC#CCNS(=O)(=O)c3ccc(Br)cc3)c2O1. The molecule has 1 heterocycles. The summed E-state index contributed by atoms with van der Waals surface area (Å²) in [6, 6.07) is 12.2. The van der Waals surface area contributed by atoms with Crippen molar-refractivity contribution in [3.05, 3.63) is 52.5 Å². The summed E-state index contributed by atoms with van der Waals surface area (Å²) in [7, 11) is -3.57. The van der Waals surface area contributed by atoms with Gasteiger partial charge in [0.1, 0.15) is 12.2 Å². The molecule has 0 aromatic heterocycles. The van der Waals surface area contributed by atoms with Crippen LogP contribution in [0, 0.1) is 11.8 Å². The number of para-hydroxylation sites is 1. The third-order valence-corrected chi connectivity index (χ3v) is 5.90. The fraction of sp³-hybridized carbons (Fsp3) is 0.300. The highest BCUT2D eigenvalue weighted by molar-refractivity contribution is 9.10. The van der Waals surface area contributed by atoms with Crippen molar-refractivity contribution in [2.75, 3.05) is 13.2 Å². The van der Waals surface area contributed by atoms with E-state index in [4.69, 9.17) is 9.47 Å². The number of hydrogen-bond donors (Lipinski definition) is 1. The minimum Gasteiger partial charge on any atom is -0.483 e. The van der Waals surface area contributed by atoms with Crippen LogP contribution in [0.3, 0.4) is 0 Å².